The molecule has 2 N–H and O–H groups in total. The number of pyridine rings is 1. The molecule has 4 heterocycles. The molecular weight excluding hydrogens is 397 g/mol. The minimum atomic E-state index is -4.60. The van der Waals surface area contributed by atoms with Gasteiger partial charge in [0.2, 0.25) is 10.0 Å². The van der Waals surface area contributed by atoms with Gasteiger partial charge in [-0.3, -0.25) is 0 Å². The fraction of sp³-hybridized carbons (Fsp3) is 0.438. The second kappa shape index (κ2) is 6.55. The number of aromatic nitrogens is 4. The molecule has 0 bridgehead atoms. The number of hydrogen-bond donors (Lipinski definition) is 2. The van der Waals surface area contributed by atoms with Gasteiger partial charge in [0.05, 0.1) is 22.3 Å². The van der Waals surface area contributed by atoms with Crippen molar-refractivity contribution in [2.24, 2.45) is 0 Å². The van der Waals surface area contributed by atoms with E-state index in [1.54, 1.807) is 35.0 Å². The smallest absolute Gasteiger partial charge is 0.355 e. The molecule has 0 aromatic carbocycles. The molecule has 0 radical (unpaired) electrons. The largest absolute Gasteiger partial charge is 0.402 e. The number of anilines is 1. The van der Waals surface area contributed by atoms with Crippen LogP contribution in [-0.4, -0.2) is 59.4 Å². The maximum Gasteiger partial charge on any atom is 0.402 e. The van der Waals surface area contributed by atoms with Crippen LogP contribution in [0.2, 0.25) is 0 Å². The molecule has 28 heavy (non-hydrogen) atoms. The molecule has 1 atom stereocenters. The molecule has 12 heteroatoms. The Kier molecular flexibility index (Phi) is 4.42. The summed E-state index contributed by atoms with van der Waals surface area (Å²) in [7, 11) is -4.10. The van der Waals surface area contributed by atoms with E-state index >= 15 is 0 Å². The highest BCUT2D eigenvalue weighted by molar-refractivity contribution is 7.90. The summed E-state index contributed by atoms with van der Waals surface area (Å²) in [6.07, 6.45) is -1.13. The quantitative estimate of drug-likeness (QED) is 0.676. The van der Waals surface area contributed by atoms with Gasteiger partial charge in [-0.05, 0) is 19.4 Å². The molecule has 0 amide bonds. The van der Waals surface area contributed by atoms with E-state index < -0.39 is 28.0 Å². The zero-order valence-electron chi connectivity index (χ0n) is 14.8. The standard InChI is InChI=1S/C16H17F3N6O2S/c1-9-23-12-6-21-14-11(2-4-20-14)13(12)15(24-9)25-5-3-10(7-25)28(26,27)22-8-16(17,18)19/h2,4,6,10,22H,3,5,7-8H2,1H3,(H,23,24). The summed E-state index contributed by atoms with van der Waals surface area (Å²) >= 11 is 0. The lowest BCUT2D eigenvalue weighted by Gasteiger charge is -2.21. The van der Waals surface area contributed by atoms with Crippen LogP contribution in [0.5, 0.6) is 0 Å². The minimum absolute atomic E-state index is 0.0523. The first-order valence-electron chi connectivity index (χ1n) is 8.54. The summed E-state index contributed by atoms with van der Waals surface area (Å²) in [6.45, 7) is 0.612. The first kappa shape index (κ1) is 18.9. The predicted molar refractivity (Wildman–Crippen MR) is 97.5 cm³/mol. The Bertz CT molecular complexity index is 1140. The number of aromatic amines is 1. The van der Waals surface area contributed by atoms with Crippen LogP contribution in [0.25, 0.3) is 21.9 Å². The Balaban J connectivity index is 1.67. The number of rotatable bonds is 4. The van der Waals surface area contributed by atoms with E-state index in [4.69, 9.17) is 0 Å². The number of H-pyrrole nitrogens is 1. The van der Waals surface area contributed by atoms with Gasteiger partial charge >= 0.3 is 6.18 Å². The highest BCUT2D eigenvalue weighted by Crippen LogP contribution is 2.32. The Morgan fingerprint density at radius 2 is 2.14 bits per heavy atom. The molecule has 1 fully saturated rings. The Hall–Kier alpha value is -2.47. The van der Waals surface area contributed by atoms with Gasteiger partial charge in [0, 0.05) is 24.7 Å². The van der Waals surface area contributed by atoms with Crippen LogP contribution in [-0.2, 0) is 10.0 Å². The molecular formula is C16H17F3N6O2S. The van der Waals surface area contributed by atoms with E-state index in [1.807, 2.05) is 0 Å². The first-order chi connectivity index (χ1) is 13.1. The van der Waals surface area contributed by atoms with Gasteiger partial charge in [-0.25, -0.2) is 28.1 Å². The van der Waals surface area contributed by atoms with Crippen LogP contribution in [0.3, 0.4) is 0 Å². The number of sulfonamides is 1. The zero-order valence-corrected chi connectivity index (χ0v) is 15.6. The second-order valence-corrected chi connectivity index (χ2v) is 8.76. The van der Waals surface area contributed by atoms with Gasteiger partial charge in [-0.2, -0.15) is 13.2 Å². The van der Waals surface area contributed by atoms with E-state index in [0.29, 0.717) is 23.8 Å². The van der Waals surface area contributed by atoms with Crippen molar-refractivity contribution < 1.29 is 21.6 Å². The van der Waals surface area contributed by atoms with E-state index in [2.05, 4.69) is 19.9 Å². The number of hydrogen-bond acceptors (Lipinski definition) is 6. The van der Waals surface area contributed by atoms with Crippen molar-refractivity contribution in [1.82, 2.24) is 24.7 Å². The van der Waals surface area contributed by atoms with Crippen LogP contribution in [0.4, 0.5) is 19.0 Å². The zero-order chi connectivity index (χ0) is 20.1. The molecule has 4 rings (SSSR count). The van der Waals surface area contributed by atoms with Gasteiger partial charge in [0.15, 0.2) is 5.65 Å². The minimum Gasteiger partial charge on any atom is -0.355 e. The lowest BCUT2D eigenvalue weighted by Crippen LogP contribution is -2.41. The average molecular weight is 414 g/mol. The lowest BCUT2D eigenvalue weighted by atomic mass is 10.2. The molecule has 3 aromatic heterocycles. The van der Waals surface area contributed by atoms with Gasteiger partial charge in [0.1, 0.15) is 18.2 Å². The molecule has 1 aliphatic rings. The van der Waals surface area contributed by atoms with E-state index in [1.165, 1.54) is 0 Å². The molecule has 150 valence electrons. The maximum absolute atomic E-state index is 12.4. The van der Waals surface area contributed by atoms with E-state index in [9.17, 15) is 21.6 Å². The summed E-state index contributed by atoms with van der Waals surface area (Å²) in [4.78, 5) is 17.9. The molecule has 0 saturated carbocycles. The van der Waals surface area contributed by atoms with Gasteiger partial charge in [0.25, 0.3) is 0 Å². The first-order valence-corrected chi connectivity index (χ1v) is 10.1. The van der Waals surface area contributed by atoms with Gasteiger partial charge in [-0.1, -0.05) is 0 Å². The highest BCUT2D eigenvalue weighted by Gasteiger charge is 2.37. The second-order valence-electron chi connectivity index (χ2n) is 6.71. The van der Waals surface area contributed by atoms with Crippen LogP contribution in [0.15, 0.2) is 18.5 Å². The van der Waals surface area contributed by atoms with Gasteiger partial charge < -0.3 is 9.88 Å². The Morgan fingerprint density at radius 1 is 1.36 bits per heavy atom. The summed E-state index contributed by atoms with van der Waals surface area (Å²) in [5.74, 6) is 1.19. The number of halogens is 3. The maximum atomic E-state index is 12.4. The number of fused-ring (bicyclic) bond motifs is 3. The van der Waals surface area contributed by atoms with Crippen molar-refractivity contribution in [3.05, 3.63) is 24.3 Å². The van der Waals surface area contributed by atoms with Crippen LogP contribution < -0.4 is 9.62 Å². The number of nitrogens with one attached hydrogen (secondary N) is 2. The van der Waals surface area contributed by atoms with Crippen molar-refractivity contribution in [2.75, 3.05) is 24.5 Å². The van der Waals surface area contributed by atoms with Crippen LogP contribution >= 0.6 is 0 Å². The average Bonchev–Trinajstić information content (AvgIpc) is 3.28. The monoisotopic (exact) mass is 414 g/mol. The topological polar surface area (TPSA) is 104 Å². The predicted octanol–water partition coefficient (Wildman–Crippen LogP) is 1.87. The summed E-state index contributed by atoms with van der Waals surface area (Å²) < 4.78 is 63.4. The third kappa shape index (κ3) is 3.49. The number of aryl methyl sites for hydroxylation is 1. The normalized spacial score (nSPS) is 18.4. The Labute approximate surface area is 158 Å². The fourth-order valence-corrected chi connectivity index (χ4v) is 4.83. The van der Waals surface area contributed by atoms with Gasteiger partial charge in [-0.15, -0.1) is 0 Å². The molecule has 1 aliphatic heterocycles. The van der Waals surface area contributed by atoms with E-state index in [-0.39, 0.29) is 13.0 Å². The van der Waals surface area contributed by atoms with Crippen molar-refractivity contribution in [1.29, 1.82) is 0 Å². The van der Waals surface area contributed by atoms with Crippen LogP contribution in [0.1, 0.15) is 12.2 Å². The van der Waals surface area contributed by atoms with Crippen molar-refractivity contribution in [3.63, 3.8) is 0 Å². The number of nitrogens with zero attached hydrogens (tertiary/aromatic N) is 4. The summed E-state index contributed by atoms with van der Waals surface area (Å²) in [6, 6.07) is 1.80. The van der Waals surface area contributed by atoms with Crippen molar-refractivity contribution >= 4 is 37.8 Å². The lowest BCUT2D eigenvalue weighted by molar-refractivity contribution is -0.121. The fourth-order valence-electron chi connectivity index (χ4n) is 3.44. The van der Waals surface area contributed by atoms with Crippen molar-refractivity contribution in [3.8, 4) is 0 Å². The SMILES string of the molecule is Cc1nc(N2CCC(S(=O)(=O)NCC(F)(F)F)C2)c2c(cnc3nccc32)[nH]1. The molecule has 1 saturated heterocycles. The van der Waals surface area contributed by atoms with E-state index in [0.717, 1.165) is 16.3 Å². The molecule has 8 nitrogen and oxygen atoms in total. The third-order valence-electron chi connectivity index (χ3n) is 4.70. The molecule has 3 aromatic rings. The third-order valence-corrected chi connectivity index (χ3v) is 6.51. The number of alkyl halides is 3. The summed E-state index contributed by atoms with van der Waals surface area (Å²) in [5.41, 5.74) is 1.27. The Morgan fingerprint density at radius 3 is 2.89 bits per heavy atom. The molecule has 0 spiro atoms. The van der Waals surface area contributed by atoms with Crippen molar-refractivity contribution in [2.45, 2.75) is 24.8 Å². The van der Waals surface area contributed by atoms with Crippen LogP contribution in [0, 0.1) is 6.92 Å². The molecule has 1 unspecified atom stereocenters. The summed E-state index contributed by atoms with van der Waals surface area (Å²) in [5, 5.41) is 0.582. The highest BCUT2D eigenvalue weighted by atomic mass is 32.2. The molecule has 0 aliphatic carbocycles.